The van der Waals surface area contributed by atoms with Crippen LogP contribution >= 0.6 is 11.8 Å². The summed E-state index contributed by atoms with van der Waals surface area (Å²) in [6.07, 6.45) is 7.09. The van der Waals surface area contributed by atoms with Crippen molar-refractivity contribution < 1.29 is 4.74 Å². The van der Waals surface area contributed by atoms with E-state index >= 15 is 0 Å². The van der Waals surface area contributed by atoms with E-state index in [0.717, 1.165) is 34.9 Å². The molecule has 0 saturated carbocycles. The number of aromatic amines is 1. The molecule has 5 heterocycles. The maximum atomic E-state index is 13.0. The summed E-state index contributed by atoms with van der Waals surface area (Å²) >= 11 is 1.57. The normalized spacial score (nSPS) is 24.2. The Morgan fingerprint density at radius 1 is 1.39 bits per heavy atom. The SMILES string of the molecule is CC1=Nc2c(c(=O)[nH]n2[C@H]2CCOC(C)(C)C2)[C@@H](c2cnn3cccnc23)S1. The lowest BCUT2D eigenvalue weighted by Crippen LogP contribution is -2.35. The Bertz CT molecular complexity index is 1140. The largest absolute Gasteiger partial charge is 0.375 e. The van der Waals surface area contributed by atoms with Gasteiger partial charge in [-0.1, -0.05) is 11.8 Å². The number of nitrogens with one attached hydrogen (secondary N) is 1. The van der Waals surface area contributed by atoms with Gasteiger partial charge in [0.2, 0.25) is 0 Å². The lowest BCUT2D eigenvalue weighted by molar-refractivity contribution is -0.0705. The third-order valence-electron chi connectivity index (χ3n) is 5.37. The van der Waals surface area contributed by atoms with E-state index in [4.69, 9.17) is 9.73 Å². The van der Waals surface area contributed by atoms with Crippen LogP contribution in [0.15, 0.2) is 34.4 Å². The zero-order valence-corrected chi connectivity index (χ0v) is 16.9. The van der Waals surface area contributed by atoms with E-state index in [0.29, 0.717) is 12.2 Å². The van der Waals surface area contributed by atoms with Gasteiger partial charge in [-0.15, -0.1) is 0 Å². The zero-order valence-electron chi connectivity index (χ0n) is 16.0. The maximum Gasteiger partial charge on any atom is 0.271 e. The van der Waals surface area contributed by atoms with Gasteiger partial charge in [0.05, 0.1) is 33.7 Å². The van der Waals surface area contributed by atoms with Gasteiger partial charge in [0.15, 0.2) is 11.5 Å². The first-order valence-corrected chi connectivity index (χ1v) is 10.3. The third-order valence-corrected chi connectivity index (χ3v) is 6.53. The van der Waals surface area contributed by atoms with Gasteiger partial charge in [-0.05, 0) is 39.7 Å². The van der Waals surface area contributed by atoms with Crippen LogP contribution < -0.4 is 5.56 Å². The van der Waals surface area contributed by atoms with Gasteiger partial charge >= 0.3 is 0 Å². The van der Waals surface area contributed by atoms with Gasteiger partial charge in [-0.2, -0.15) is 5.10 Å². The number of ether oxygens (including phenoxy) is 1. The van der Waals surface area contributed by atoms with Crippen molar-refractivity contribution >= 4 is 28.3 Å². The highest BCUT2D eigenvalue weighted by molar-refractivity contribution is 8.14. The molecule has 0 unspecified atom stereocenters. The minimum atomic E-state index is -0.217. The molecule has 8 nitrogen and oxygen atoms in total. The second-order valence-corrected chi connectivity index (χ2v) is 9.22. The molecule has 0 aromatic carbocycles. The summed E-state index contributed by atoms with van der Waals surface area (Å²) in [4.78, 5) is 22.2. The number of nitrogens with zero attached hydrogens (tertiary/aromatic N) is 5. The first-order valence-electron chi connectivity index (χ1n) is 9.41. The summed E-state index contributed by atoms with van der Waals surface area (Å²) in [6, 6.07) is 1.99. The number of aliphatic imine (C=N–C) groups is 1. The number of aromatic nitrogens is 5. The number of hydrogen-bond donors (Lipinski definition) is 1. The summed E-state index contributed by atoms with van der Waals surface area (Å²) in [7, 11) is 0. The molecule has 2 aliphatic heterocycles. The summed E-state index contributed by atoms with van der Waals surface area (Å²) in [5.41, 5.74) is 2.06. The maximum absolute atomic E-state index is 13.0. The third kappa shape index (κ3) is 2.80. The molecule has 28 heavy (non-hydrogen) atoms. The van der Waals surface area contributed by atoms with Crippen molar-refractivity contribution in [1.82, 2.24) is 24.4 Å². The monoisotopic (exact) mass is 398 g/mol. The molecule has 2 aliphatic rings. The van der Waals surface area contributed by atoms with E-state index in [-0.39, 0.29) is 22.5 Å². The fraction of sp³-hybridized carbons (Fsp3) is 0.474. The molecular formula is C19H22N6O2S. The van der Waals surface area contributed by atoms with Crippen LogP contribution in [0.1, 0.15) is 56.0 Å². The van der Waals surface area contributed by atoms with Crippen LogP contribution in [0.2, 0.25) is 0 Å². The first kappa shape index (κ1) is 17.7. The van der Waals surface area contributed by atoms with Crippen LogP contribution in [0.3, 0.4) is 0 Å². The van der Waals surface area contributed by atoms with Crippen LogP contribution in [0.4, 0.5) is 5.82 Å². The lowest BCUT2D eigenvalue weighted by Gasteiger charge is -2.36. The molecule has 1 fully saturated rings. The molecule has 0 spiro atoms. The van der Waals surface area contributed by atoms with Gasteiger partial charge in [0.25, 0.3) is 5.56 Å². The molecule has 3 aromatic heterocycles. The minimum absolute atomic E-state index is 0.0941. The highest BCUT2D eigenvalue weighted by Gasteiger charge is 2.36. The summed E-state index contributed by atoms with van der Waals surface area (Å²) < 4.78 is 9.55. The van der Waals surface area contributed by atoms with Crippen molar-refractivity contribution in [3.8, 4) is 0 Å². The predicted molar refractivity (Wildman–Crippen MR) is 109 cm³/mol. The Morgan fingerprint density at radius 2 is 2.25 bits per heavy atom. The standard InChI is InChI=1S/C19H22N6O2S/c1-11-22-17-14(15(28-11)13-10-21-24-7-4-6-20-16(13)24)18(26)23-25(17)12-5-8-27-19(2,3)9-12/h4,6-7,10,12,15H,5,8-9H2,1-3H3,(H,23,26)/t12-,15+/m0/s1. The smallest absolute Gasteiger partial charge is 0.271 e. The van der Waals surface area contributed by atoms with E-state index in [1.54, 1.807) is 28.7 Å². The fourth-order valence-corrected chi connectivity index (χ4v) is 5.25. The fourth-order valence-electron chi connectivity index (χ4n) is 4.14. The van der Waals surface area contributed by atoms with Crippen LogP contribution in [0, 0.1) is 0 Å². The Balaban J connectivity index is 1.64. The molecule has 0 aliphatic carbocycles. The molecule has 0 radical (unpaired) electrons. The van der Waals surface area contributed by atoms with E-state index in [1.807, 2.05) is 23.9 Å². The molecule has 0 bridgehead atoms. The van der Waals surface area contributed by atoms with Gasteiger partial charge in [-0.25, -0.2) is 14.5 Å². The highest BCUT2D eigenvalue weighted by atomic mass is 32.2. The first-order chi connectivity index (χ1) is 13.4. The lowest BCUT2D eigenvalue weighted by atomic mass is 9.94. The molecule has 5 rings (SSSR count). The van der Waals surface area contributed by atoms with Gasteiger partial charge in [-0.3, -0.25) is 14.6 Å². The molecular weight excluding hydrogens is 376 g/mol. The summed E-state index contributed by atoms with van der Waals surface area (Å²) in [6.45, 7) is 6.83. The molecule has 2 atom stereocenters. The van der Waals surface area contributed by atoms with Crippen LogP contribution in [0.25, 0.3) is 5.65 Å². The van der Waals surface area contributed by atoms with Crippen molar-refractivity contribution in [2.45, 2.75) is 50.5 Å². The van der Waals surface area contributed by atoms with Crippen LogP contribution in [-0.4, -0.2) is 41.6 Å². The number of thioether (sulfide) groups is 1. The molecule has 1 N–H and O–H groups in total. The van der Waals surface area contributed by atoms with Crippen molar-refractivity contribution in [2.24, 2.45) is 4.99 Å². The van der Waals surface area contributed by atoms with E-state index in [9.17, 15) is 4.79 Å². The Hall–Kier alpha value is -2.39. The number of H-pyrrole nitrogens is 1. The van der Waals surface area contributed by atoms with Crippen molar-refractivity contribution in [1.29, 1.82) is 0 Å². The quantitative estimate of drug-likeness (QED) is 0.716. The summed E-state index contributed by atoms with van der Waals surface area (Å²) in [5, 5.41) is 8.20. The van der Waals surface area contributed by atoms with E-state index < -0.39 is 0 Å². The van der Waals surface area contributed by atoms with E-state index in [2.05, 4.69) is 29.0 Å². The number of fused-ring (bicyclic) bond motifs is 2. The minimum Gasteiger partial charge on any atom is -0.375 e. The molecule has 9 heteroatoms. The molecule has 146 valence electrons. The Kier molecular flexibility index (Phi) is 3.99. The van der Waals surface area contributed by atoms with Gasteiger partial charge in [0, 0.05) is 24.6 Å². The highest BCUT2D eigenvalue weighted by Crippen LogP contribution is 2.46. The Labute approximate surface area is 166 Å². The van der Waals surface area contributed by atoms with Crippen molar-refractivity contribution in [3.63, 3.8) is 0 Å². The van der Waals surface area contributed by atoms with E-state index in [1.165, 1.54) is 0 Å². The molecule has 1 saturated heterocycles. The van der Waals surface area contributed by atoms with Crippen LogP contribution in [-0.2, 0) is 4.74 Å². The number of rotatable bonds is 2. The summed E-state index contributed by atoms with van der Waals surface area (Å²) in [5.74, 6) is 0.726. The second kappa shape index (κ2) is 6.31. The molecule has 3 aromatic rings. The van der Waals surface area contributed by atoms with Gasteiger partial charge < -0.3 is 4.74 Å². The second-order valence-electron chi connectivity index (χ2n) is 7.92. The zero-order chi connectivity index (χ0) is 19.5. The number of hydrogen-bond acceptors (Lipinski definition) is 6. The average Bonchev–Trinajstić information content (AvgIpc) is 3.22. The Morgan fingerprint density at radius 3 is 3.07 bits per heavy atom. The van der Waals surface area contributed by atoms with Crippen molar-refractivity contribution in [2.75, 3.05) is 6.61 Å². The predicted octanol–water partition coefficient (Wildman–Crippen LogP) is 3.24. The van der Waals surface area contributed by atoms with Crippen molar-refractivity contribution in [3.05, 3.63) is 46.1 Å². The topological polar surface area (TPSA) is 89.6 Å². The van der Waals surface area contributed by atoms with Gasteiger partial charge in [0.1, 0.15) is 0 Å². The van der Waals surface area contributed by atoms with Crippen LogP contribution in [0.5, 0.6) is 0 Å². The molecule has 0 amide bonds. The average molecular weight is 398 g/mol.